The summed E-state index contributed by atoms with van der Waals surface area (Å²) in [4.78, 5) is 3.02. The summed E-state index contributed by atoms with van der Waals surface area (Å²) in [6.07, 6.45) is 3.98. The number of aryl methyl sites for hydroxylation is 1. The van der Waals surface area contributed by atoms with Crippen molar-refractivity contribution in [3.8, 4) is 5.75 Å². The first kappa shape index (κ1) is 15.2. The minimum absolute atomic E-state index is 0.0831. The Morgan fingerprint density at radius 1 is 1.41 bits per heavy atom. The number of imidazole rings is 1. The molecule has 118 valence electrons. The minimum atomic E-state index is -0.658. The molecule has 1 aromatic carbocycles. The molecule has 1 aliphatic heterocycles. The number of aromatic amines is 1. The van der Waals surface area contributed by atoms with Gasteiger partial charge in [-0.05, 0) is 37.7 Å². The second kappa shape index (κ2) is 6.18. The van der Waals surface area contributed by atoms with Crippen molar-refractivity contribution in [2.75, 3.05) is 13.2 Å². The highest BCUT2D eigenvalue weighted by Crippen LogP contribution is 2.33. The maximum Gasteiger partial charge on any atom is 0.177 e. The van der Waals surface area contributed by atoms with E-state index in [1.807, 2.05) is 10.8 Å². The van der Waals surface area contributed by atoms with Crippen molar-refractivity contribution in [1.29, 1.82) is 0 Å². The Morgan fingerprint density at radius 2 is 2.23 bits per heavy atom. The molecular weight excluding hydrogens is 308 g/mol. The summed E-state index contributed by atoms with van der Waals surface area (Å²) in [6.45, 7) is 0.899. The highest BCUT2D eigenvalue weighted by Gasteiger charge is 2.26. The van der Waals surface area contributed by atoms with Gasteiger partial charge in [-0.25, -0.2) is 8.78 Å². The summed E-state index contributed by atoms with van der Waals surface area (Å²) in [5, 5.41) is 0. The van der Waals surface area contributed by atoms with Crippen molar-refractivity contribution in [2.24, 2.45) is 5.73 Å². The lowest BCUT2D eigenvalue weighted by Gasteiger charge is -2.28. The van der Waals surface area contributed by atoms with Gasteiger partial charge < -0.3 is 20.0 Å². The van der Waals surface area contributed by atoms with E-state index in [1.54, 1.807) is 0 Å². The number of H-pyrrole nitrogens is 1. The summed E-state index contributed by atoms with van der Waals surface area (Å²) in [5.41, 5.74) is 7.12. The van der Waals surface area contributed by atoms with Crippen molar-refractivity contribution in [1.82, 2.24) is 9.55 Å². The molecule has 3 rings (SSSR count). The van der Waals surface area contributed by atoms with E-state index >= 15 is 0 Å². The minimum Gasteiger partial charge on any atom is -0.488 e. The molecule has 1 atom stereocenters. The molecular formula is C15H17F2N3OS. The number of benzene rings is 1. The van der Waals surface area contributed by atoms with Crippen molar-refractivity contribution in [2.45, 2.75) is 25.3 Å². The lowest BCUT2D eigenvalue weighted by molar-refractivity contribution is 0.210. The lowest BCUT2D eigenvalue weighted by Crippen LogP contribution is -2.26. The first-order valence-corrected chi connectivity index (χ1v) is 7.60. The van der Waals surface area contributed by atoms with Crippen LogP contribution in [0.1, 0.15) is 23.7 Å². The summed E-state index contributed by atoms with van der Waals surface area (Å²) in [7, 11) is 0. The van der Waals surface area contributed by atoms with Crippen molar-refractivity contribution in [3.05, 3.63) is 46.0 Å². The van der Waals surface area contributed by atoms with Crippen LogP contribution in [0.5, 0.6) is 5.75 Å². The Kier molecular flexibility index (Phi) is 4.26. The number of nitrogens with two attached hydrogens (primary N) is 1. The fourth-order valence-corrected chi connectivity index (χ4v) is 3.20. The van der Waals surface area contributed by atoms with Crippen LogP contribution < -0.4 is 10.5 Å². The summed E-state index contributed by atoms with van der Waals surface area (Å²) >= 11 is 5.33. The van der Waals surface area contributed by atoms with Crippen molar-refractivity contribution >= 4 is 12.2 Å². The van der Waals surface area contributed by atoms with Crippen LogP contribution in [0.15, 0.2) is 18.3 Å². The third kappa shape index (κ3) is 2.78. The number of nitrogens with zero attached hydrogens (tertiary/aromatic N) is 1. The molecule has 22 heavy (non-hydrogen) atoms. The third-order valence-electron chi connectivity index (χ3n) is 3.85. The van der Waals surface area contributed by atoms with Gasteiger partial charge in [0.1, 0.15) is 12.4 Å². The van der Waals surface area contributed by atoms with Gasteiger partial charge in [-0.3, -0.25) is 0 Å². The van der Waals surface area contributed by atoms with E-state index < -0.39 is 11.6 Å². The second-order valence-electron chi connectivity index (χ2n) is 5.39. The molecule has 0 radical (unpaired) electrons. The smallest absolute Gasteiger partial charge is 0.177 e. The van der Waals surface area contributed by atoms with Gasteiger partial charge in [-0.15, -0.1) is 0 Å². The number of nitrogens with one attached hydrogen (secondary N) is 1. The zero-order valence-electron chi connectivity index (χ0n) is 11.9. The quantitative estimate of drug-likeness (QED) is 0.850. The standard InChI is InChI=1S/C15H17F2N3OS/c16-10-4-9-5-12(8-21-14(9)13(17)6-10)20-11(2-1-3-18)7-19-15(20)22/h4,6-7,12H,1-3,5,8,18H2,(H,19,22)/t12-/m0/s1. The molecule has 0 aliphatic carbocycles. The van der Waals surface area contributed by atoms with Crippen LogP contribution in [0.3, 0.4) is 0 Å². The predicted molar refractivity (Wildman–Crippen MR) is 81.6 cm³/mol. The van der Waals surface area contributed by atoms with Gasteiger partial charge in [0, 0.05) is 29.9 Å². The number of rotatable bonds is 4. The fourth-order valence-electron chi connectivity index (χ4n) is 2.88. The monoisotopic (exact) mass is 325 g/mol. The first-order chi connectivity index (χ1) is 10.6. The van der Waals surface area contributed by atoms with Gasteiger partial charge in [0.15, 0.2) is 16.3 Å². The molecule has 0 saturated heterocycles. The zero-order valence-corrected chi connectivity index (χ0v) is 12.8. The topological polar surface area (TPSA) is 56.0 Å². The van der Waals surface area contributed by atoms with Gasteiger partial charge >= 0.3 is 0 Å². The average molecular weight is 325 g/mol. The van der Waals surface area contributed by atoms with E-state index in [1.165, 1.54) is 6.07 Å². The Hall–Kier alpha value is -1.73. The van der Waals surface area contributed by atoms with E-state index in [9.17, 15) is 8.78 Å². The van der Waals surface area contributed by atoms with Crippen LogP contribution in [-0.2, 0) is 12.8 Å². The molecule has 0 bridgehead atoms. The Bertz CT molecular complexity index is 741. The summed E-state index contributed by atoms with van der Waals surface area (Å²) in [5.74, 6) is -1.11. The van der Waals surface area contributed by atoms with Gasteiger partial charge in [0.2, 0.25) is 0 Å². The van der Waals surface area contributed by atoms with E-state index in [0.717, 1.165) is 24.6 Å². The second-order valence-corrected chi connectivity index (χ2v) is 5.78. The molecule has 0 spiro atoms. The number of ether oxygens (including phenoxy) is 1. The molecule has 1 aliphatic rings. The largest absolute Gasteiger partial charge is 0.488 e. The van der Waals surface area contributed by atoms with E-state index in [-0.39, 0.29) is 11.8 Å². The molecule has 2 heterocycles. The Labute approximate surface area is 131 Å². The molecule has 1 aromatic heterocycles. The van der Waals surface area contributed by atoms with Gasteiger partial charge in [0.25, 0.3) is 0 Å². The number of fused-ring (bicyclic) bond motifs is 1. The highest BCUT2D eigenvalue weighted by molar-refractivity contribution is 7.71. The summed E-state index contributed by atoms with van der Waals surface area (Å²) < 4.78 is 35.2. The molecule has 0 amide bonds. The summed E-state index contributed by atoms with van der Waals surface area (Å²) in [6, 6.07) is 2.08. The van der Waals surface area contributed by atoms with E-state index in [0.29, 0.717) is 29.9 Å². The Morgan fingerprint density at radius 3 is 3.00 bits per heavy atom. The number of hydrogen-bond acceptors (Lipinski definition) is 3. The van der Waals surface area contributed by atoms with Crippen LogP contribution >= 0.6 is 12.2 Å². The molecule has 4 nitrogen and oxygen atoms in total. The van der Waals surface area contributed by atoms with Crippen molar-refractivity contribution < 1.29 is 13.5 Å². The van der Waals surface area contributed by atoms with E-state index in [2.05, 4.69) is 4.98 Å². The van der Waals surface area contributed by atoms with Crippen LogP contribution in [-0.4, -0.2) is 22.7 Å². The normalized spacial score (nSPS) is 17.1. The van der Waals surface area contributed by atoms with Crippen LogP contribution in [0, 0.1) is 16.4 Å². The van der Waals surface area contributed by atoms with Crippen molar-refractivity contribution in [3.63, 3.8) is 0 Å². The fraction of sp³-hybridized carbons (Fsp3) is 0.400. The maximum absolute atomic E-state index is 13.7. The average Bonchev–Trinajstić information content (AvgIpc) is 2.85. The molecule has 0 saturated carbocycles. The van der Waals surface area contributed by atoms with E-state index in [4.69, 9.17) is 22.7 Å². The van der Waals surface area contributed by atoms with Crippen LogP contribution in [0.25, 0.3) is 0 Å². The molecule has 0 fully saturated rings. The molecule has 0 unspecified atom stereocenters. The predicted octanol–water partition coefficient (Wildman–Crippen LogP) is 2.89. The maximum atomic E-state index is 13.7. The number of aromatic nitrogens is 2. The third-order valence-corrected chi connectivity index (χ3v) is 4.17. The lowest BCUT2D eigenvalue weighted by atomic mass is 10.0. The first-order valence-electron chi connectivity index (χ1n) is 7.19. The molecule has 3 N–H and O–H groups in total. The van der Waals surface area contributed by atoms with Gasteiger partial charge in [-0.2, -0.15) is 0 Å². The van der Waals surface area contributed by atoms with Crippen LogP contribution in [0.2, 0.25) is 0 Å². The Balaban J connectivity index is 1.92. The molecule has 2 aromatic rings. The van der Waals surface area contributed by atoms with Gasteiger partial charge in [-0.1, -0.05) is 0 Å². The number of halogens is 2. The SMILES string of the molecule is NCCCc1c[nH]c(=S)n1[C@@H]1COc2c(F)cc(F)cc2C1. The van der Waals surface area contributed by atoms with Crippen LogP contribution in [0.4, 0.5) is 8.78 Å². The number of hydrogen-bond donors (Lipinski definition) is 2. The molecule has 7 heteroatoms. The highest BCUT2D eigenvalue weighted by atomic mass is 32.1. The van der Waals surface area contributed by atoms with Gasteiger partial charge in [0.05, 0.1) is 6.04 Å². The zero-order chi connectivity index (χ0) is 15.7.